The van der Waals surface area contributed by atoms with Gasteiger partial charge in [0.1, 0.15) is 0 Å². The predicted octanol–water partition coefficient (Wildman–Crippen LogP) is 4.38. The number of likely N-dealkylation sites (tertiary alicyclic amines) is 2. The number of ether oxygens (including phenoxy) is 1. The average Bonchev–Trinajstić information content (AvgIpc) is 2.63. The molecule has 3 aliphatic heterocycles. The van der Waals surface area contributed by atoms with Crippen molar-refractivity contribution in [3.63, 3.8) is 0 Å². The van der Waals surface area contributed by atoms with Crippen LogP contribution in [0.25, 0.3) is 0 Å². The van der Waals surface area contributed by atoms with Crippen LogP contribution in [0.1, 0.15) is 80.1 Å². The molecule has 3 heterocycles. The molecule has 0 aromatic carbocycles. The zero-order valence-corrected chi connectivity index (χ0v) is 19.3. The minimum Gasteiger partial charge on any atom is -0.378 e. The molecule has 3 unspecified atom stereocenters. The fraction of sp³-hybridized carbons (Fsp3) is 1.00. The van der Waals surface area contributed by atoms with E-state index in [-0.39, 0.29) is 0 Å². The molecule has 3 fully saturated rings. The van der Waals surface area contributed by atoms with Crippen LogP contribution in [0.15, 0.2) is 0 Å². The van der Waals surface area contributed by atoms with E-state index in [0.29, 0.717) is 0 Å². The Morgan fingerprint density at radius 2 is 1.70 bits per heavy atom. The number of piperidine rings is 2. The number of hydrogen-bond donors (Lipinski definition) is 1. The van der Waals surface area contributed by atoms with Gasteiger partial charge in [0.2, 0.25) is 0 Å². The highest BCUT2D eigenvalue weighted by atomic mass is 16.5. The molecule has 0 bridgehead atoms. The van der Waals surface area contributed by atoms with Gasteiger partial charge in [-0.2, -0.15) is 0 Å². The molecule has 3 atom stereocenters. The second-order valence-electron chi connectivity index (χ2n) is 8.74. The van der Waals surface area contributed by atoms with E-state index in [1.54, 1.807) is 0 Å². The molecule has 2 N–H and O–H groups in total. The first-order valence-electron chi connectivity index (χ1n) is 11.8. The van der Waals surface area contributed by atoms with Gasteiger partial charge in [0, 0.05) is 12.1 Å². The Labute approximate surface area is 170 Å². The maximum absolute atomic E-state index is 5.46. The minimum atomic E-state index is 0.728. The van der Waals surface area contributed by atoms with Gasteiger partial charge in [-0.05, 0) is 84.0 Å². The van der Waals surface area contributed by atoms with Gasteiger partial charge in [-0.1, -0.05) is 34.1 Å². The van der Waals surface area contributed by atoms with E-state index in [0.717, 1.165) is 56.1 Å². The van der Waals surface area contributed by atoms with Crippen molar-refractivity contribution in [2.24, 2.45) is 17.6 Å². The lowest BCUT2D eigenvalue weighted by atomic mass is 9.81. The summed E-state index contributed by atoms with van der Waals surface area (Å²) >= 11 is 0. The SMILES string of the molecule is CC.CC(C)C1CCCN(C2COC2)C1C.CC1CCCCN1CCCN. The van der Waals surface area contributed by atoms with Crippen molar-refractivity contribution >= 4 is 0 Å². The molecule has 4 nitrogen and oxygen atoms in total. The highest BCUT2D eigenvalue weighted by Gasteiger charge is 2.36. The van der Waals surface area contributed by atoms with Gasteiger partial charge in [-0.3, -0.25) is 4.90 Å². The Balaban J connectivity index is 0.000000254. The summed E-state index contributed by atoms with van der Waals surface area (Å²) < 4.78 is 5.29. The van der Waals surface area contributed by atoms with Crippen LogP contribution >= 0.6 is 0 Å². The number of nitrogens with zero attached hydrogens (tertiary/aromatic N) is 2. The lowest BCUT2D eigenvalue weighted by Crippen LogP contribution is -2.57. The van der Waals surface area contributed by atoms with Crippen molar-refractivity contribution < 1.29 is 4.74 Å². The van der Waals surface area contributed by atoms with Crippen LogP contribution in [0.3, 0.4) is 0 Å². The van der Waals surface area contributed by atoms with E-state index >= 15 is 0 Å². The number of rotatable bonds is 5. The van der Waals surface area contributed by atoms with Crippen molar-refractivity contribution in [1.29, 1.82) is 0 Å². The molecule has 0 aromatic heterocycles. The molecular formula is C23H49N3O. The number of hydrogen-bond acceptors (Lipinski definition) is 4. The summed E-state index contributed by atoms with van der Waals surface area (Å²) in [6.45, 7) is 20.0. The van der Waals surface area contributed by atoms with E-state index in [4.69, 9.17) is 10.5 Å². The van der Waals surface area contributed by atoms with Crippen LogP contribution in [0.5, 0.6) is 0 Å². The second-order valence-corrected chi connectivity index (χ2v) is 8.74. The second kappa shape index (κ2) is 13.9. The summed E-state index contributed by atoms with van der Waals surface area (Å²) in [4.78, 5) is 5.24. The molecule has 0 spiro atoms. The first kappa shape index (κ1) is 24.9. The zero-order valence-electron chi connectivity index (χ0n) is 19.3. The lowest BCUT2D eigenvalue weighted by molar-refractivity contribution is -0.0978. The van der Waals surface area contributed by atoms with Crippen LogP contribution < -0.4 is 5.73 Å². The van der Waals surface area contributed by atoms with Crippen LogP contribution in [-0.2, 0) is 4.74 Å². The summed E-state index contributed by atoms with van der Waals surface area (Å²) in [5, 5.41) is 0. The number of nitrogens with two attached hydrogens (primary N) is 1. The third-order valence-corrected chi connectivity index (χ3v) is 6.63. The molecule has 4 heteroatoms. The highest BCUT2D eigenvalue weighted by Crippen LogP contribution is 2.32. The Morgan fingerprint density at radius 1 is 1.00 bits per heavy atom. The van der Waals surface area contributed by atoms with Gasteiger partial charge in [-0.15, -0.1) is 0 Å². The maximum Gasteiger partial charge on any atom is 0.0645 e. The standard InChI is InChI=1S/C12H23NO.C9H20N2.C2H6/c1-9(2)12-5-4-6-13(10(12)3)11-7-14-8-11;1-9-5-2-3-7-11(9)8-4-6-10;1-2/h9-12H,4-8H2,1-3H3;9H,2-8,10H2,1H3;1-2H3. The molecular weight excluding hydrogens is 334 g/mol. The van der Waals surface area contributed by atoms with Crippen LogP contribution in [-0.4, -0.2) is 67.3 Å². The van der Waals surface area contributed by atoms with E-state index in [2.05, 4.69) is 37.5 Å². The smallest absolute Gasteiger partial charge is 0.0645 e. The topological polar surface area (TPSA) is 41.7 Å². The fourth-order valence-electron chi connectivity index (χ4n) is 4.80. The summed E-state index contributed by atoms with van der Waals surface area (Å²) in [6, 6.07) is 2.29. The van der Waals surface area contributed by atoms with Crippen LogP contribution in [0.2, 0.25) is 0 Å². The van der Waals surface area contributed by atoms with Crippen molar-refractivity contribution in [2.45, 2.75) is 98.2 Å². The largest absolute Gasteiger partial charge is 0.378 e. The van der Waals surface area contributed by atoms with Gasteiger partial charge >= 0.3 is 0 Å². The molecule has 0 saturated carbocycles. The molecule has 3 saturated heterocycles. The summed E-state index contributed by atoms with van der Waals surface area (Å²) in [7, 11) is 0. The Morgan fingerprint density at radius 3 is 2.22 bits per heavy atom. The summed E-state index contributed by atoms with van der Waals surface area (Å²) in [6.07, 6.45) is 8.14. The maximum atomic E-state index is 5.46. The summed E-state index contributed by atoms with van der Waals surface area (Å²) in [5.74, 6) is 1.72. The third kappa shape index (κ3) is 8.00. The van der Waals surface area contributed by atoms with Gasteiger partial charge in [-0.25, -0.2) is 0 Å². The molecule has 0 amide bonds. The Kier molecular flexibility index (Phi) is 12.8. The molecule has 3 rings (SSSR count). The fourth-order valence-corrected chi connectivity index (χ4v) is 4.80. The lowest BCUT2D eigenvalue weighted by Gasteiger charge is -2.47. The average molecular weight is 384 g/mol. The predicted molar refractivity (Wildman–Crippen MR) is 118 cm³/mol. The van der Waals surface area contributed by atoms with Gasteiger partial charge in [0.25, 0.3) is 0 Å². The third-order valence-electron chi connectivity index (χ3n) is 6.63. The molecule has 3 aliphatic rings. The van der Waals surface area contributed by atoms with Crippen LogP contribution in [0.4, 0.5) is 0 Å². The zero-order chi connectivity index (χ0) is 20.2. The molecule has 0 aromatic rings. The van der Waals surface area contributed by atoms with Crippen LogP contribution in [0, 0.1) is 11.8 Å². The molecule has 27 heavy (non-hydrogen) atoms. The van der Waals surface area contributed by atoms with E-state index in [9.17, 15) is 0 Å². The van der Waals surface area contributed by atoms with Gasteiger partial charge < -0.3 is 15.4 Å². The monoisotopic (exact) mass is 383 g/mol. The van der Waals surface area contributed by atoms with Gasteiger partial charge in [0.05, 0.1) is 19.3 Å². The van der Waals surface area contributed by atoms with Crippen molar-refractivity contribution in [1.82, 2.24) is 9.80 Å². The highest BCUT2D eigenvalue weighted by molar-refractivity contribution is 4.89. The quantitative estimate of drug-likeness (QED) is 0.765. The Hall–Kier alpha value is -0.160. The van der Waals surface area contributed by atoms with Crippen molar-refractivity contribution in [2.75, 3.05) is 39.4 Å². The van der Waals surface area contributed by atoms with Crippen molar-refractivity contribution in [3.05, 3.63) is 0 Å². The molecule has 162 valence electrons. The van der Waals surface area contributed by atoms with Crippen molar-refractivity contribution in [3.8, 4) is 0 Å². The summed E-state index contributed by atoms with van der Waals surface area (Å²) in [5.41, 5.74) is 5.46. The van der Waals surface area contributed by atoms with Gasteiger partial charge in [0.15, 0.2) is 0 Å². The van der Waals surface area contributed by atoms with E-state index in [1.165, 1.54) is 51.7 Å². The van der Waals surface area contributed by atoms with E-state index in [1.807, 2.05) is 13.8 Å². The first-order valence-corrected chi connectivity index (χ1v) is 11.8. The normalized spacial score (nSPS) is 30.0. The minimum absolute atomic E-state index is 0.728. The molecule has 0 radical (unpaired) electrons. The van der Waals surface area contributed by atoms with E-state index < -0.39 is 0 Å². The Bertz CT molecular complexity index is 360. The first-order chi connectivity index (χ1) is 13.0. The molecule has 0 aliphatic carbocycles.